The fraction of sp³-hybridized carbons (Fsp3) is 0.500. The zero-order chi connectivity index (χ0) is 18.4. The molecular formula is C14H18N4O7. The Labute approximate surface area is 142 Å². The van der Waals surface area contributed by atoms with Crippen molar-refractivity contribution in [2.45, 2.75) is 30.7 Å². The summed E-state index contributed by atoms with van der Waals surface area (Å²) >= 11 is 0. The molecule has 0 saturated carbocycles. The van der Waals surface area contributed by atoms with Crippen molar-refractivity contribution >= 4 is 11.6 Å². The van der Waals surface area contributed by atoms with E-state index in [0.717, 1.165) is 0 Å². The van der Waals surface area contributed by atoms with Gasteiger partial charge in [0, 0.05) is 16.7 Å². The summed E-state index contributed by atoms with van der Waals surface area (Å²) in [5, 5.41) is 44.2. The maximum atomic E-state index is 11.5. The summed E-state index contributed by atoms with van der Waals surface area (Å²) in [4.78, 5) is 14.0. The number of rotatable bonds is 6. The lowest BCUT2D eigenvalue weighted by Crippen LogP contribution is -2.60. The van der Waals surface area contributed by atoms with Crippen LogP contribution in [-0.4, -0.2) is 70.2 Å². The number of carbonyl (C=O) groups excluding carboxylic acids is 1. The van der Waals surface area contributed by atoms with E-state index in [1.165, 1.54) is 12.1 Å². The number of azide groups is 1. The first-order valence-corrected chi connectivity index (χ1v) is 7.34. The van der Waals surface area contributed by atoms with Crippen molar-refractivity contribution in [2.24, 2.45) is 5.11 Å². The monoisotopic (exact) mass is 354 g/mol. The van der Waals surface area contributed by atoms with Crippen LogP contribution >= 0.6 is 0 Å². The SMILES string of the molecule is [N-]=[N+]=NCC(=O)Nc1cccc(O[C@@H]2OC(CO)[C@H](O)C(O)C2O)c1. The first kappa shape index (κ1) is 18.9. The number of amides is 1. The molecule has 0 bridgehead atoms. The molecule has 11 nitrogen and oxygen atoms in total. The maximum absolute atomic E-state index is 11.5. The molecule has 1 heterocycles. The quantitative estimate of drug-likeness (QED) is 0.250. The summed E-state index contributed by atoms with van der Waals surface area (Å²) in [6, 6.07) is 6.07. The molecule has 1 amide bonds. The fourth-order valence-corrected chi connectivity index (χ4v) is 2.24. The van der Waals surface area contributed by atoms with Crippen molar-refractivity contribution in [3.05, 3.63) is 34.7 Å². The Morgan fingerprint density at radius 3 is 2.76 bits per heavy atom. The number of ether oxygens (including phenoxy) is 2. The third-order valence-corrected chi connectivity index (χ3v) is 3.50. The van der Waals surface area contributed by atoms with Gasteiger partial charge in [0.2, 0.25) is 12.2 Å². The van der Waals surface area contributed by atoms with E-state index in [-0.39, 0.29) is 12.3 Å². The minimum Gasteiger partial charge on any atom is -0.462 e. The van der Waals surface area contributed by atoms with Gasteiger partial charge in [-0.3, -0.25) is 4.79 Å². The first-order valence-electron chi connectivity index (χ1n) is 7.34. The van der Waals surface area contributed by atoms with Gasteiger partial charge in [-0.05, 0) is 17.7 Å². The third-order valence-electron chi connectivity index (χ3n) is 3.50. The third kappa shape index (κ3) is 4.79. The highest BCUT2D eigenvalue weighted by molar-refractivity contribution is 5.92. The summed E-state index contributed by atoms with van der Waals surface area (Å²) in [5.74, 6) is -0.325. The Balaban J connectivity index is 2.05. The zero-order valence-corrected chi connectivity index (χ0v) is 13.0. The zero-order valence-electron chi connectivity index (χ0n) is 13.0. The smallest absolute Gasteiger partial charge is 0.230 e. The van der Waals surface area contributed by atoms with Gasteiger partial charge in [-0.15, -0.1) is 0 Å². The van der Waals surface area contributed by atoms with E-state index in [1.807, 2.05) is 0 Å². The fourth-order valence-electron chi connectivity index (χ4n) is 2.24. The van der Waals surface area contributed by atoms with E-state index in [4.69, 9.17) is 20.1 Å². The second kappa shape index (κ2) is 8.62. The predicted molar refractivity (Wildman–Crippen MR) is 83.5 cm³/mol. The van der Waals surface area contributed by atoms with Crippen LogP contribution in [0.2, 0.25) is 0 Å². The summed E-state index contributed by atoms with van der Waals surface area (Å²) < 4.78 is 10.7. The van der Waals surface area contributed by atoms with Crippen LogP contribution in [0.25, 0.3) is 10.4 Å². The number of aliphatic hydroxyl groups excluding tert-OH is 4. The van der Waals surface area contributed by atoms with Gasteiger partial charge in [0.15, 0.2) is 0 Å². The van der Waals surface area contributed by atoms with Gasteiger partial charge in [-0.25, -0.2) is 0 Å². The van der Waals surface area contributed by atoms with Crippen molar-refractivity contribution in [3.63, 3.8) is 0 Å². The molecule has 2 rings (SSSR count). The topological polar surface area (TPSA) is 177 Å². The van der Waals surface area contributed by atoms with E-state index in [2.05, 4.69) is 15.3 Å². The van der Waals surface area contributed by atoms with Crippen LogP contribution in [0.4, 0.5) is 5.69 Å². The van der Waals surface area contributed by atoms with Gasteiger partial charge >= 0.3 is 0 Å². The van der Waals surface area contributed by atoms with Crippen LogP contribution in [0, 0.1) is 0 Å². The Kier molecular flexibility index (Phi) is 6.53. The van der Waals surface area contributed by atoms with Gasteiger partial charge in [0.05, 0.1) is 6.61 Å². The molecule has 1 aliphatic heterocycles. The maximum Gasteiger partial charge on any atom is 0.230 e. The largest absolute Gasteiger partial charge is 0.462 e. The van der Waals surface area contributed by atoms with Crippen LogP contribution in [-0.2, 0) is 9.53 Å². The molecule has 3 unspecified atom stereocenters. The molecule has 1 fully saturated rings. The molecule has 11 heteroatoms. The van der Waals surface area contributed by atoms with Crippen LogP contribution < -0.4 is 10.1 Å². The second-order valence-corrected chi connectivity index (χ2v) is 5.28. The highest BCUT2D eigenvalue weighted by Crippen LogP contribution is 2.25. The Bertz CT molecular complexity index is 650. The lowest BCUT2D eigenvalue weighted by atomic mass is 9.99. The van der Waals surface area contributed by atoms with Crippen molar-refractivity contribution in [3.8, 4) is 5.75 Å². The van der Waals surface area contributed by atoms with Crippen LogP contribution in [0.5, 0.6) is 5.75 Å². The van der Waals surface area contributed by atoms with E-state index in [9.17, 15) is 20.1 Å². The van der Waals surface area contributed by atoms with Gasteiger partial charge in [0.1, 0.15) is 36.7 Å². The van der Waals surface area contributed by atoms with Crippen molar-refractivity contribution in [1.82, 2.24) is 0 Å². The Morgan fingerprint density at radius 2 is 2.08 bits per heavy atom. The molecule has 136 valence electrons. The molecule has 0 radical (unpaired) electrons. The molecular weight excluding hydrogens is 336 g/mol. The Hall–Kier alpha value is -2.40. The number of nitrogens with one attached hydrogen (secondary N) is 1. The standard InChI is InChI=1S/C14H18N4O7/c15-18-16-5-10(20)17-7-2-1-3-8(4-7)24-14-13(23)12(22)11(21)9(6-19)25-14/h1-4,9,11-14,19,21-23H,5-6H2,(H,17,20)/t9?,11-,12?,13?,14+/m0/s1. The van der Waals surface area contributed by atoms with E-state index < -0.39 is 43.2 Å². The first-order chi connectivity index (χ1) is 12.0. The number of anilines is 1. The molecule has 5 N–H and O–H groups in total. The van der Waals surface area contributed by atoms with Gasteiger partial charge < -0.3 is 35.2 Å². The second-order valence-electron chi connectivity index (χ2n) is 5.28. The van der Waals surface area contributed by atoms with Gasteiger partial charge in [0.25, 0.3) is 0 Å². The summed E-state index contributed by atoms with van der Waals surface area (Å²) in [7, 11) is 0. The summed E-state index contributed by atoms with van der Waals surface area (Å²) in [6.45, 7) is -0.936. The number of carbonyl (C=O) groups is 1. The molecule has 0 aromatic heterocycles. The number of benzene rings is 1. The van der Waals surface area contributed by atoms with Crippen molar-refractivity contribution < 1.29 is 34.7 Å². The normalized spacial score (nSPS) is 28.7. The Morgan fingerprint density at radius 1 is 1.32 bits per heavy atom. The van der Waals surface area contributed by atoms with Crippen LogP contribution in [0.3, 0.4) is 0 Å². The average Bonchev–Trinajstić information content (AvgIpc) is 2.60. The predicted octanol–water partition coefficient (Wildman–Crippen LogP) is -0.886. The molecule has 25 heavy (non-hydrogen) atoms. The number of hydrogen-bond acceptors (Lipinski definition) is 8. The minimum atomic E-state index is -1.55. The van der Waals surface area contributed by atoms with Crippen LogP contribution in [0.15, 0.2) is 29.4 Å². The van der Waals surface area contributed by atoms with Crippen molar-refractivity contribution in [2.75, 3.05) is 18.5 Å². The summed E-state index contributed by atoms with van der Waals surface area (Å²) in [5.41, 5.74) is 8.53. The van der Waals surface area contributed by atoms with Crippen molar-refractivity contribution in [1.29, 1.82) is 0 Å². The van der Waals surface area contributed by atoms with Crippen LogP contribution in [0.1, 0.15) is 0 Å². The van der Waals surface area contributed by atoms with E-state index in [0.29, 0.717) is 5.69 Å². The van der Waals surface area contributed by atoms with Gasteiger partial charge in [-0.2, -0.15) is 0 Å². The highest BCUT2D eigenvalue weighted by atomic mass is 16.7. The highest BCUT2D eigenvalue weighted by Gasteiger charge is 2.44. The minimum absolute atomic E-state index is 0.200. The van der Waals surface area contributed by atoms with Gasteiger partial charge in [-0.1, -0.05) is 11.2 Å². The molecule has 0 aliphatic carbocycles. The lowest BCUT2D eigenvalue weighted by molar-refractivity contribution is -0.277. The molecule has 1 aromatic carbocycles. The number of hydrogen-bond donors (Lipinski definition) is 5. The summed E-state index contributed by atoms with van der Waals surface area (Å²) in [6.07, 6.45) is -6.99. The molecule has 1 aromatic rings. The van der Waals surface area contributed by atoms with E-state index in [1.54, 1.807) is 12.1 Å². The molecule has 1 saturated heterocycles. The number of aliphatic hydroxyl groups is 4. The lowest BCUT2D eigenvalue weighted by Gasteiger charge is -2.39. The average molecular weight is 354 g/mol. The van der Waals surface area contributed by atoms with E-state index >= 15 is 0 Å². The number of nitrogens with zero attached hydrogens (tertiary/aromatic N) is 3. The molecule has 5 atom stereocenters. The molecule has 0 spiro atoms. The molecule has 1 aliphatic rings.